The van der Waals surface area contributed by atoms with Crippen molar-refractivity contribution in [2.75, 3.05) is 0 Å². The Hall–Kier alpha value is 1.05. The van der Waals surface area contributed by atoms with Crippen LogP contribution in [0.15, 0.2) is 0 Å². The minimum absolute atomic E-state index is 0. The van der Waals surface area contributed by atoms with Crippen molar-refractivity contribution < 1.29 is 17.1 Å². The van der Waals surface area contributed by atoms with Crippen molar-refractivity contribution in [3.8, 4) is 0 Å². The monoisotopic (exact) mass is 212 g/mol. The number of unbranched alkanes of at least 4 members (excludes halogenated alkanes) is 6. The maximum Gasteiger partial charge on any atom is 0.211 e. The third-order valence-corrected chi connectivity index (χ3v) is 2.66. The number of hydrogen-bond donors (Lipinski definition) is 0. The summed E-state index contributed by atoms with van der Waals surface area (Å²) in [5.41, 5.74) is 0. The SMILES string of the molecule is CCCCCCCC[CH2][AlH2].[Fe]. The van der Waals surface area contributed by atoms with Gasteiger partial charge in [0.25, 0.3) is 0 Å². The van der Waals surface area contributed by atoms with Crippen LogP contribution in [0.5, 0.6) is 0 Å². The molecule has 0 aliphatic carbocycles. The smallest absolute Gasteiger partial charge is 0.101 e. The summed E-state index contributed by atoms with van der Waals surface area (Å²) >= 11 is 1.41. The Labute approximate surface area is 90.4 Å². The minimum atomic E-state index is 0. The summed E-state index contributed by atoms with van der Waals surface area (Å²) in [5, 5.41) is 1.51. The van der Waals surface area contributed by atoms with Gasteiger partial charge in [-0.05, 0) is 0 Å². The molecule has 0 heterocycles. The molecule has 0 bridgehead atoms. The minimum Gasteiger partial charge on any atom is -0.101 e. The predicted molar refractivity (Wildman–Crippen MR) is 51.3 cm³/mol. The van der Waals surface area contributed by atoms with Gasteiger partial charge >= 0.3 is 0 Å². The van der Waals surface area contributed by atoms with Gasteiger partial charge in [0.2, 0.25) is 16.3 Å². The molecular weight excluding hydrogens is 191 g/mol. The summed E-state index contributed by atoms with van der Waals surface area (Å²) in [4.78, 5) is 0. The van der Waals surface area contributed by atoms with Crippen molar-refractivity contribution in [2.24, 2.45) is 0 Å². The Bertz CT molecular complexity index is 49.5. The van der Waals surface area contributed by atoms with Gasteiger partial charge in [0, 0.05) is 17.1 Å². The van der Waals surface area contributed by atoms with Gasteiger partial charge in [-0.2, -0.15) is 0 Å². The molecule has 68 valence electrons. The fourth-order valence-electron chi connectivity index (χ4n) is 1.21. The Morgan fingerprint density at radius 1 is 0.818 bits per heavy atom. The largest absolute Gasteiger partial charge is 0.211 e. The van der Waals surface area contributed by atoms with Crippen LogP contribution in [0.2, 0.25) is 5.28 Å². The normalized spacial score (nSPS) is 9.18. The second kappa shape index (κ2) is 13.6. The third-order valence-electron chi connectivity index (χ3n) is 1.96. The van der Waals surface area contributed by atoms with E-state index in [4.69, 9.17) is 0 Å². The molecule has 0 aliphatic rings. The Morgan fingerprint density at radius 2 is 1.27 bits per heavy atom. The Balaban J connectivity index is 0. The average molecular weight is 212 g/mol. The van der Waals surface area contributed by atoms with Crippen molar-refractivity contribution in [1.29, 1.82) is 0 Å². The molecule has 2 heteroatoms. The molecule has 0 rings (SSSR count). The molecule has 0 aliphatic heterocycles. The molecule has 0 atom stereocenters. The summed E-state index contributed by atoms with van der Waals surface area (Å²) in [6.07, 6.45) is 10.3. The van der Waals surface area contributed by atoms with E-state index in [1.807, 2.05) is 0 Å². The molecule has 0 radical (unpaired) electrons. The zero-order chi connectivity index (χ0) is 7.66. The van der Waals surface area contributed by atoms with Crippen LogP contribution in [0.25, 0.3) is 0 Å². The van der Waals surface area contributed by atoms with Crippen molar-refractivity contribution in [1.82, 2.24) is 0 Å². The molecule has 0 fully saturated rings. The standard InChI is InChI=1S/C9H19.Al.Fe.2H/c1-3-5-7-9-8-6-4-2;;;;/h1,3-9H2,2H3;;;;. The van der Waals surface area contributed by atoms with Gasteiger partial charge in [0.05, 0.1) is 0 Å². The van der Waals surface area contributed by atoms with E-state index >= 15 is 0 Å². The van der Waals surface area contributed by atoms with Crippen LogP contribution in [-0.4, -0.2) is 16.3 Å². The molecule has 0 saturated heterocycles. The molecule has 0 aromatic carbocycles. The van der Waals surface area contributed by atoms with Crippen LogP contribution in [-0.2, 0) is 17.1 Å². The van der Waals surface area contributed by atoms with E-state index in [-0.39, 0.29) is 17.1 Å². The van der Waals surface area contributed by atoms with Gasteiger partial charge in [-0.15, -0.1) is 5.28 Å². The van der Waals surface area contributed by atoms with E-state index < -0.39 is 0 Å². The van der Waals surface area contributed by atoms with E-state index in [1.165, 1.54) is 66.5 Å². The molecule has 0 saturated carbocycles. The van der Waals surface area contributed by atoms with Gasteiger partial charge in [0.15, 0.2) is 0 Å². The first-order valence-corrected chi connectivity index (χ1v) is 6.33. The Kier molecular flexibility index (Phi) is 18.1. The van der Waals surface area contributed by atoms with Crippen LogP contribution in [0, 0.1) is 0 Å². The van der Waals surface area contributed by atoms with Gasteiger partial charge < -0.3 is 0 Å². The van der Waals surface area contributed by atoms with E-state index in [0.717, 1.165) is 0 Å². The maximum absolute atomic E-state index is 2.28. The van der Waals surface area contributed by atoms with E-state index in [0.29, 0.717) is 0 Å². The van der Waals surface area contributed by atoms with Crippen LogP contribution in [0.3, 0.4) is 0 Å². The van der Waals surface area contributed by atoms with Crippen LogP contribution in [0.4, 0.5) is 0 Å². The summed E-state index contributed by atoms with van der Waals surface area (Å²) in [6, 6.07) is 0. The summed E-state index contributed by atoms with van der Waals surface area (Å²) < 4.78 is 0. The fourth-order valence-corrected chi connectivity index (χ4v) is 1.71. The predicted octanol–water partition coefficient (Wildman–Crippen LogP) is 2.79. The summed E-state index contributed by atoms with van der Waals surface area (Å²) in [6.45, 7) is 2.28. The first-order chi connectivity index (χ1) is 4.91. The van der Waals surface area contributed by atoms with Crippen LogP contribution >= 0.6 is 0 Å². The molecule has 0 aromatic rings. The van der Waals surface area contributed by atoms with Crippen molar-refractivity contribution in [3.05, 3.63) is 0 Å². The Morgan fingerprint density at radius 3 is 1.73 bits per heavy atom. The fraction of sp³-hybridized carbons (Fsp3) is 1.00. The molecule has 0 nitrogen and oxygen atoms in total. The molecule has 11 heavy (non-hydrogen) atoms. The molecule has 0 spiro atoms. The molecule has 0 aromatic heterocycles. The van der Waals surface area contributed by atoms with Crippen molar-refractivity contribution >= 4 is 16.3 Å². The topological polar surface area (TPSA) is 0 Å². The third kappa shape index (κ3) is 14.0. The van der Waals surface area contributed by atoms with Gasteiger partial charge in [-0.3, -0.25) is 0 Å². The first kappa shape index (κ1) is 14.6. The first-order valence-electron chi connectivity index (χ1n) is 4.91. The van der Waals surface area contributed by atoms with Crippen molar-refractivity contribution in [2.45, 2.75) is 57.2 Å². The van der Waals surface area contributed by atoms with Crippen LogP contribution in [0.1, 0.15) is 51.9 Å². The van der Waals surface area contributed by atoms with Crippen molar-refractivity contribution in [3.63, 3.8) is 0 Å². The molecule has 0 unspecified atom stereocenters. The average Bonchev–Trinajstić information content (AvgIpc) is 1.97. The van der Waals surface area contributed by atoms with E-state index in [1.54, 1.807) is 0 Å². The second-order valence-electron chi connectivity index (χ2n) is 3.12. The second-order valence-corrected chi connectivity index (χ2v) is 4.12. The van der Waals surface area contributed by atoms with E-state index in [2.05, 4.69) is 6.92 Å². The van der Waals surface area contributed by atoms with E-state index in [9.17, 15) is 0 Å². The van der Waals surface area contributed by atoms with Gasteiger partial charge in [0.1, 0.15) is 0 Å². The number of hydrogen-bond acceptors (Lipinski definition) is 0. The molecule has 0 N–H and O–H groups in total. The zero-order valence-corrected chi connectivity index (χ0v) is 11.1. The maximum atomic E-state index is 2.28. The van der Waals surface area contributed by atoms with Gasteiger partial charge in [-0.25, -0.2) is 0 Å². The van der Waals surface area contributed by atoms with Crippen LogP contribution < -0.4 is 0 Å². The molecule has 0 amide bonds. The van der Waals surface area contributed by atoms with Gasteiger partial charge in [-0.1, -0.05) is 51.9 Å². The molecular formula is C9H21AlFe. The summed E-state index contributed by atoms with van der Waals surface area (Å²) in [5.74, 6) is 0. The zero-order valence-electron chi connectivity index (χ0n) is 8.01. The summed E-state index contributed by atoms with van der Waals surface area (Å²) in [7, 11) is 0. The quantitative estimate of drug-likeness (QED) is 0.449. The number of rotatable bonds is 7.